The number of rotatable bonds is 2. The molecule has 0 aliphatic carbocycles. The van der Waals surface area contributed by atoms with E-state index in [-0.39, 0.29) is 0 Å². The maximum atomic E-state index is 10.1. The maximum absolute atomic E-state index is 10.1. The average molecular weight is 152 g/mol. The Morgan fingerprint density at radius 1 is 1.78 bits per heavy atom. The van der Waals surface area contributed by atoms with Crippen molar-refractivity contribution < 1.29 is 18.3 Å². The molecule has 0 bridgehead atoms. The fourth-order valence-corrected chi connectivity index (χ4v) is 0.493. The van der Waals surface area contributed by atoms with E-state index in [1.165, 1.54) is 13.8 Å². The minimum Gasteiger partial charge on any atom is -0.447 e. The van der Waals surface area contributed by atoms with Gasteiger partial charge in [0.2, 0.25) is 0 Å². The SMILES string of the molecule is CC(=O)OC(C)S(=O)O. The molecule has 0 saturated carbocycles. The van der Waals surface area contributed by atoms with E-state index in [1.54, 1.807) is 0 Å². The van der Waals surface area contributed by atoms with Crippen LogP contribution in [0.1, 0.15) is 13.8 Å². The summed E-state index contributed by atoms with van der Waals surface area (Å²) in [5, 5.41) is 0. The molecule has 0 amide bonds. The van der Waals surface area contributed by atoms with Gasteiger partial charge in [-0.1, -0.05) is 0 Å². The molecule has 1 N–H and O–H groups in total. The molecular weight excluding hydrogens is 144 g/mol. The third-order valence-corrected chi connectivity index (χ3v) is 1.28. The van der Waals surface area contributed by atoms with Crippen molar-refractivity contribution in [2.75, 3.05) is 0 Å². The number of carbonyl (C=O) groups is 1. The lowest BCUT2D eigenvalue weighted by molar-refractivity contribution is -0.142. The van der Waals surface area contributed by atoms with Crippen LogP contribution in [-0.4, -0.2) is 20.2 Å². The van der Waals surface area contributed by atoms with Crippen molar-refractivity contribution in [1.29, 1.82) is 0 Å². The molecule has 0 aliphatic rings. The fourth-order valence-electron chi connectivity index (χ4n) is 0.275. The van der Waals surface area contributed by atoms with Gasteiger partial charge in [-0.15, -0.1) is 0 Å². The molecule has 2 unspecified atom stereocenters. The van der Waals surface area contributed by atoms with Gasteiger partial charge in [-0.05, 0) is 6.92 Å². The van der Waals surface area contributed by atoms with Crippen molar-refractivity contribution in [1.82, 2.24) is 0 Å². The van der Waals surface area contributed by atoms with Gasteiger partial charge in [0.1, 0.15) is 0 Å². The Bertz CT molecular complexity index is 133. The van der Waals surface area contributed by atoms with Crippen molar-refractivity contribution in [3.8, 4) is 0 Å². The molecule has 0 radical (unpaired) electrons. The molecule has 2 atom stereocenters. The standard InChI is InChI=1S/C4H8O4S/c1-3(5)8-4(2)9(6)7/h4H,1-2H3,(H,6,7). The predicted octanol–water partition coefficient (Wildman–Crippen LogP) is 0.117. The first-order valence-corrected chi connectivity index (χ1v) is 3.48. The van der Waals surface area contributed by atoms with E-state index in [0.717, 1.165) is 0 Å². The zero-order valence-electron chi connectivity index (χ0n) is 5.16. The van der Waals surface area contributed by atoms with Gasteiger partial charge in [0, 0.05) is 6.92 Å². The zero-order chi connectivity index (χ0) is 7.44. The molecule has 0 aliphatic heterocycles. The lowest BCUT2D eigenvalue weighted by Crippen LogP contribution is -2.16. The van der Waals surface area contributed by atoms with E-state index in [9.17, 15) is 9.00 Å². The van der Waals surface area contributed by atoms with Crippen LogP contribution < -0.4 is 0 Å². The number of hydrogen-bond acceptors (Lipinski definition) is 3. The quantitative estimate of drug-likeness (QED) is 0.451. The average Bonchev–Trinajstić information content (AvgIpc) is 1.63. The fraction of sp³-hybridized carbons (Fsp3) is 0.750. The lowest BCUT2D eigenvalue weighted by Gasteiger charge is -2.04. The molecular formula is C4H8O4S. The van der Waals surface area contributed by atoms with Crippen LogP contribution in [0.25, 0.3) is 0 Å². The molecule has 54 valence electrons. The lowest BCUT2D eigenvalue weighted by atomic mass is 10.8. The molecule has 0 aromatic rings. The first kappa shape index (κ1) is 8.58. The summed E-state index contributed by atoms with van der Waals surface area (Å²) in [6.07, 6.45) is 0. The molecule has 0 heterocycles. The van der Waals surface area contributed by atoms with Crippen LogP contribution in [0.5, 0.6) is 0 Å². The van der Waals surface area contributed by atoms with Crippen LogP contribution in [0.2, 0.25) is 0 Å². The summed E-state index contributed by atoms with van der Waals surface area (Å²) in [5.74, 6) is -0.551. The summed E-state index contributed by atoms with van der Waals surface area (Å²) in [4.78, 5) is 10.1. The highest BCUT2D eigenvalue weighted by atomic mass is 32.2. The van der Waals surface area contributed by atoms with Crippen LogP contribution in [0.4, 0.5) is 0 Å². The Kier molecular flexibility index (Phi) is 3.41. The van der Waals surface area contributed by atoms with Gasteiger partial charge in [0.05, 0.1) is 0 Å². The van der Waals surface area contributed by atoms with E-state index in [2.05, 4.69) is 4.74 Å². The summed E-state index contributed by atoms with van der Waals surface area (Å²) in [5.41, 5.74) is -0.928. The summed E-state index contributed by atoms with van der Waals surface area (Å²) in [7, 11) is 0. The molecule has 0 saturated heterocycles. The van der Waals surface area contributed by atoms with Crippen molar-refractivity contribution in [2.24, 2.45) is 0 Å². The highest BCUT2D eigenvalue weighted by Crippen LogP contribution is 1.93. The normalized spacial score (nSPS) is 16.3. The highest BCUT2D eigenvalue weighted by Gasteiger charge is 2.09. The van der Waals surface area contributed by atoms with E-state index < -0.39 is 22.5 Å². The van der Waals surface area contributed by atoms with E-state index >= 15 is 0 Å². The Morgan fingerprint density at radius 2 is 2.22 bits per heavy atom. The Morgan fingerprint density at radius 3 is 2.33 bits per heavy atom. The van der Waals surface area contributed by atoms with Crippen LogP contribution >= 0.6 is 0 Å². The second-order valence-corrected chi connectivity index (χ2v) is 2.67. The summed E-state index contributed by atoms with van der Waals surface area (Å²) >= 11 is -2.07. The first-order valence-electron chi connectivity index (χ1n) is 2.31. The van der Waals surface area contributed by atoms with Gasteiger partial charge in [0.25, 0.3) is 0 Å². The van der Waals surface area contributed by atoms with E-state index in [0.29, 0.717) is 0 Å². The number of carbonyl (C=O) groups excluding carboxylic acids is 1. The third kappa shape index (κ3) is 4.11. The van der Waals surface area contributed by atoms with Crippen LogP contribution in [0.15, 0.2) is 0 Å². The largest absolute Gasteiger partial charge is 0.447 e. The van der Waals surface area contributed by atoms with E-state index in [1.807, 2.05) is 0 Å². The molecule has 0 aromatic heterocycles. The highest BCUT2D eigenvalue weighted by molar-refractivity contribution is 7.79. The van der Waals surface area contributed by atoms with Crippen molar-refractivity contribution in [3.05, 3.63) is 0 Å². The Hall–Kier alpha value is -0.420. The van der Waals surface area contributed by atoms with Gasteiger partial charge < -0.3 is 9.29 Å². The van der Waals surface area contributed by atoms with Gasteiger partial charge in [-0.2, -0.15) is 0 Å². The zero-order valence-corrected chi connectivity index (χ0v) is 5.97. The molecule has 4 nitrogen and oxygen atoms in total. The first-order chi connectivity index (χ1) is 4.04. The topological polar surface area (TPSA) is 63.6 Å². The van der Waals surface area contributed by atoms with E-state index in [4.69, 9.17) is 4.55 Å². The summed E-state index contributed by atoms with van der Waals surface area (Å²) in [6.45, 7) is 2.53. The van der Waals surface area contributed by atoms with Crippen molar-refractivity contribution in [2.45, 2.75) is 19.3 Å². The summed E-state index contributed by atoms with van der Waals surface area (Å²) < 4.78 is 22.7. The number of hydrogen-bond donors (Lipinski definition) is 1. The molecule has 5 heteroatoms. The maximum Gasteiger partial charge on any atom is 0.303 e. The minimum atomic E-state index is -2.07. The monoisotopic (exact) mass is 152 g/mol. The van der Waals surface area contributed by atoms with Crippen LogP contribution in [0, 0.1) is 0 Å². The number of ether oxygens (including phenoxy) is 1. The minimum absolute atomic E-state index is 0.551. The van der Waals surface area contributed by atoms with Gasteiger partial charge in [-0.25, -0.2) is 4.21 Å². The predicted molar refractivity (Wildman–Crippen MR) is 32.0 cm³/mol. The molecule has 0 rings (SSSR count). The second-order valence-electron chi connectivity index (χ2n) is 1.45. The third-order valence-electron chi connectivity index (χ3n) is 0.616. The van der Waals surface area contributed by atoms with Crippen LogP contribution in [0.3, 0.4) is 0 Å². The van der Waals surface area contributed by atoms with Gasteiger partial charge >= 0.3 is 5.97 Å². The van der Waals surface area contributed by atoms with Crippen molar-refractivity contribution in [3.63, 3.8) is 0 Å². The summed E-state index contributed by atoms with van der Waals surface area (Å²) in [6, 6.07) is 0. The Balaban J connectivity index is 3.63. The van der Waals surface area contributed by atoms with Gasteiger partial charge in [0.15, 0.2) is 16.5 Å². The molecule has 9 heavy (non-hydrogen) atoms. The van der Waals surface area contributed by atoms with Gasteiger partial charge in [-0.3, -0.25) is 4.79 Å². The molecule has 0 aromatic carbocycles. The number of esters is 1. The van der Waals surface area contributed by atoms with Crippen molar-refractivity contribution >= 4 is 17.0 Å². The van der Waals surface area contributed by atoms with Crippen LogP contribution in [-0.2, 0) is 20.6 Å². The second kappa shape index (κ2) is 3.58. The Labute approximate surface area is 55.5 Å². The molecule has 0 spiro atoms. The smallest absolute Gasteiger partial charge is 0.303 e. The molecule has 0 fully saturated rings.